The van der Waals surface area contributed by atoms with Crippen LogP contribution in [-0.2, 0) is 0 Å². The molecule has 1 saturated heterocycles. The van der Waals surface area contributed by atoms with Crippen LogP contribution in [0.15, 0.2) is 30.3 Å². The van der Waals surface area contributed by atoms with Gasteiger partial charge in [-0.2, -0.15) is 5.10 Å². The van der Waals surface area contributed by atoms with Crippen molar-refractivity contribution in [3.63, 3.8) is 0 Å². The molecule has 1 aromatic carbocycles. The summed E-state index contributed by atoms with van der Waals surface area (Å²) in [6.07, 6.45) is 3.30. The molecule has 5 nitrogen and oxygen atoms in total. The fourth-order valence-electron chi connectivity index (χ4n) is 3.01. The number of carbonyl (C=O) groups excluding carboxylic acids is 1. The molecule has 5 heteroatoms. The van der Waals surface area contributed by atoms with Gasteiger partial charge >= 0.3 is 0 Å². The standard InChI is InChI=1S/C17H22N4O/c1-12-6-5-8-14(10-12)21-16(18)11-15(19-21)17(22)20-9-4-3-7-13(20)2/h5-6,8,10-11,13H,3-4,7,9,18H2,1-2H3. The zero-order valence-electron chi connectivity index (χ0n) is 13.1. The van der Waals surface area contributed by atoms with Gasteiger partial charge in [0.2, 0.25) is 0 Å². The average molecular weight is 298 g/mol. The SMILES string of the molecule is Cc1cccc(-n2nc(C(=O)N3CCCCC3C)cc2N)c1. The Hall–Kier alpha value is -2.30. The van der Waals surface area contributed by atoms with Gasteiger partial charge in [-0.05, 0) is 50.8 Å². The highest BCUT2D eigenvalue weighted by Crippen LogP contribution is 2.21. The molecule has 116 valence electrons. The molecule has 1 unspecified atom stereocenters. The molecule has 0 radical (unpaired) electrons. The average Bonchev–Trinajstić information content (AvgIpc) is 2.89. The number of benzene rings is 1. The van der Waals surface area contributed by atoms with Crippen molar-refractivity contribution in [3.05, 3.63) is 41.6 Å². The molecular weight excluding hydrogens is 276 g/mol. The number of aromatic nitrogens is 2. The lowest BCUT2D eigenvalue weighted by Crippen LogP contribution is -2.42. The van der Waals surface area contributed by atoms with Gasteiger partial charge in [0.1, 0.15) is 5.82 Å². The number of hydrogen-bond acceptors (Lipinski definition) is 3. The second-order valence-corrected chi connectivity index (χ2v) is 6.05. The molecule has 0 bridgehead atoms. The summed E-state index contributed by atoms with van der Waals surface area (Å²) in [7, 11) is 0. The van der Waals surface area contributed by atoms with E-state index in [-0.39, 0.29) is 11.9 Å². The minimum atomic E-state index is -0.0229. The maximum Gasteiger partial charge on any atom is 0.274 e. The smallest absolute Gasteiger partial charge is 0.274 e. The lowest BCUT2D eigenvalue weighted by molar-refractivity contribution is 0.0629. The molecular formula is C17H22N4O. The van der Waals surface area contributed by atoms with Gasteiger partial charge in [0, 0.05) is 18.7 Å². The van der Waals surface area contributed by atoms with Crippen LogP contribution in [-0.4, -0.2) is 33.2 Å². The Morgan fingerprint density at radius 3 is 2.86 bits per heavy atom. The summed E-state index contributed by atoms with van der Waals surface area (Å²) in [5, 5.41) is 4.43. The highest BCUT2D eigenvalue weighted by Gasteiger charge is 2.26. The van der Waals surface area contributed by atoms with Crippen molar-refractivity contribution >= 4 is 11.7 Å². The second kappa shape index (κ2) is 5.83. The molecule has 22 heavy (non-hydrogen) atoms. The Bertz CT molecular complexity index is 692. The molecule has 1 aromatic heterocycles. The summed E-state index contributed by atoms with van der Waals surface area (Å²) in [6.45, 7) is 4.92. The van der Waals surface area contributed by atoms with Crippen LogP contribution in [0.3, 0.4) is 0 Å². The van der Waals surface area contributed by atoms with Crippen molar-refractivity contribution in [2.45, 2.75) is 39.2 Å². The lowest BCUT2D eigenvalue weighted by atomic mass is 10.0. The number of rotatable bonds is 2. The Kier molecular flexibility index (Phi) is 3.88. The van der Waals surface area contributed by atoms with Crippen LogP contribution in [0.1, 0.15) is 42.2 Å². The topological polar surface area (TPSA) is 64.2 Å². The second-order valence-electron chi connectivity index (χ2n) is 6.05. The number of nitrogens with two attached hydrogens (primary N) is 1. The molecule has 0 saturated carbocycles. The maximum atomic E-state index is 12.7. The third kappa shape index (κ3) is 2.71. The van der Waals surface area contributed by atoms with E-state index in [9.17, 15) is 4.79 Å². The summed E-state index contributed by atoms with van der Waals surface area (Å²) in [4.78, 5) is 14.6. The zero-order valence-corrected chi connectivity index (χ0v) is 13.1. The Balaban J connectivity index is 1.90. The van der Waals surface area contributed by atoms with E-state index >= 15 is 0 Å². The first kappa shape index (κ1) is 14.6. The van der Waals surface area contributed by atoms with Gasteiger partial charge in [-0.25, -0.2) is 4.68 Å². The summed E-state index contributed by atoms with van der Waals surface area (Å²) >= 11 is 0. The molecule has 2 aromatic rings. The molecule has 3 rings (SSSR count). The van der Waals surface area contributed by atoms with Crippen molar-refractivity contribution < 1.29 is 4.79 Å². The van der Waals surface area contributed by atoms with Gasteiger partial charge in [-0.15, -0.1) is 0 Å². The summed E-state index contributed by atoms with van der Waals surface area (Å²) < 4.78 is 1.63. The van der Waals surface area contributed by atoms with Gasteiger partial charge in [0.05, 0.1) is 5.69 Å². The third-order valence-corrected chi connectivity index (χ3v) is 4.27. The van der Waals surface area contributed by atoms with Gasteiger partial charge < -0.3 is 10.6 Å². The molecule has 0 aliphatic carbocycles. The number of anilines is 1. The van der Waals surface area contributed by atoms with Crippen molar-refractivity contribution in [1.82, 2.24) is 14.7 Å². The number of carbonyl (C=O) groups is 1. The van der Waals surface area contributed by atoms with Crippen LogP contribution in [0.4, 0.5) is 5.82 Å². The van der Waals surface area contributed by atoms with Crippen molar-refractivity contribution in [2.24, 2.45) is 0 Å². The summed E-state index contributed by atoms with van der Waals surface area (Å²) in [6, 6.07) is 9.86. The monoisotopic (exact) mass is 298 g/mol. The Morgan fingerprint density at radius 1 is 1.32 bits per heavy atom. The maximum absolute atomic E-state index is 12.7. The van der Waals surface area contributed by atoms with Crippen LogP contribution in [0, 0.1) is 6.92 Å². The van der Waals surface area contributed by atoms with Crippen molar-refractivity contribution in [2.75, 3.05) is 12.3 Å². The number of piperidine rings is 1. The van der Waals surface area contributed by atoms with Crippen LogP contribution in [0.2, 0.25) is 0 Å². The van der Waals surface area contributed by atoms with E-state index < -0.39 is 0 Å². The number of aryl methyl sites for hydroxylation is 1. The minimum Gasteiger partial charge on any atom is -0.384 e. The number of nitrogen functional groups attached to an aromatic ring is 1. The first-order valence-corrected chi connectivity index (χ1v) is 7.80. The van der Waals surface area contributed by atoms with E-state index in [0.717, 1.165) is 30.6 Å². The predicted molar refractivity (Wildman–Crippen MR) is 87.1 cm³/mol. The van der Waals surface area contributed by atoms with E-state index in [1.54, 1.807) is 10.7 Å². The van der Waals surface area contributed by atoms with Crippen LogP contribution in [0.25, 0.3) is 5.69 Å². The molecule has 1 aliphatic rings. The van der Waals surface area contributed by atoms with Crippen LogP contribution in [0.5, 0.6) is 0 Å². The highest BCUT2D eigenvalue weighted by atomic mass is 16.2. The molecule has 2 N–H and O–H groups in total. The molecule has 0 spiro atoms. The molecule has 1 amide bonds. The summed E-state index contributed by atoms with van der Waals surface area (Å²) in [5.41, 5.74) is 8.49. The van der Waals surface area contributed by atoms with Crippen molar-refractivity contribution in [3.8, 4) is 5.69 Å². The number of amides is 1. The van der Waals surface area contributed by atoms with Crippen LogP contribution >= 0.6 is 0 Å². The minimum absolute atomic E-state index is 0.0229. The molecule has 2 heterocycles. The fourth-order valence-corrected chi connectivity index (χ4v) is 3.01. The van der Waals surface area contributed by atoms with E-state index in [2.05, 4.69) is 12.0 Å². The third-order valence-electron chi connectivity index (χ3n) is 4.27. The fraction of sp³-hybridized carbons (Fsp3) is 0.412. The lowest BCUT2D eigenvalue weighted by Gasteiger charge is -2.32. The Labute approximate surface area is 130 Å². The van der Waals surface area contributed by atoms with E-state index in [1.807, 2.05) is 36.1 Å². The summed E-state index contributed by atoms with van der Waals surface area (Å²) in [5.74, 6) is 0.462. The number of nitrogens with zero attached hydrogens (tertiary/aromatic N) is 3. The van der Waals surface area contributed by atoms with E-state index in [4.69, 9.17) is 5.73 Å². The van der Waals surface area contributed by atoms with E-state index in [0.29, 0.717) is 11.5 Å². The molecule has 1 atom stereocenters. The normalized spacial score (nSPS) is 18.5. The quantitative estimate of drug-likeness (QED) is 0.927. The van der Waals surface area contributed by atoms with Gasteiger partial charge in [0.15, 0.2) is 5.69 Å². The molecule has 1 fully saturated rings. The Morgan fingerprint density at radius 2 is 2.14 bits per heavy atom. The zero-order chi connectivity index (χ0) is 15.7. The number of hydrogen-bond donors (Lipinski definition) is 1. The highest BCUT2D eigenvalue weighted by molar-refractivity contribution is 5.93. The van der Waals surface area contributed by atoms with Gasteiger partial charge in [0.25, 0.3) is 5.91 Å². The first-order valence-electron chi connectivity index (χ1n) is 7.80. The van der Waals surface area contributed by atoms with Crippen molar-refractivity contribution in [1.29, 1.82) is 0 Å². The molecule has 1 aliphatic heterocycles. The van der Waals surface area contributed by atoms with Gasteiger partial charge in [-0.3, -0.25) is 4.79 Å². The number of likely N-dealkylation sites (tertiary alicyclic amines) is 1. The van der Waals surface area contributed by atoms with E-state index in [1.165, 1.54) is 6.42 Å². The van der Waals surface area contributed by atoms with Gasteiger partial charge in [-0.1, -0.05) is 12.1 Å². The predicted octanol–water partition coefficient (Wildman–Crippen LogP) is 2.78. The first-order chi connectivity index (χ1) is 10.6. The largest absolute Gasteiger partial charge is 0.384 e. The van der Waals surface area contributed by atoms with Crippen LogP contribution < -0.4 is 5.73 Å².